The van der Waals surface area contributed by atoms with E-state index in [0.29, 0.717) is 6.42 Å². The molecule has 0 aromatic rings. The van der Waals surface area contributed by atoms with Crippen molar-refractivity contribution in [1.29, 1.82) is 0 Å². The smallest absolute Gasteiger partial charge is 0.305 e. The number of nitrogens with one attached hydrogen (secondary N) is 2. The van der Waals surface area contributed by atoms with Crippen LogP contribution in [-0.4, -0.2) is 119 Å². The van der Waals surface area contributed by atoms with Gasteiger partial charge in [0.15, 0.2) is 12.6 Å². The van der Waals surface area contributed by atoms with Crippen molar-refractivity contribution >= 4 is 17.8 Å². The fourth-order valence-corrected chi connectivity index (χ4v) is 6.63. The van der Waals surface area contributed by atoms with Gasteiger partial charge in [-0.25, -0.2) is 0 Å². The van der Waals surface area contributed by atoms with E-state index in [1.165, 1.54) is 84.5 Å². The van der Waals surface area contributed by atoms with Crippen molar-refractivity contribution in [3.8, 4) is 0 Å². The third-order valence-corrected chi connectivity index (χ3v) is 9.33. The van der Waals surface area contributed by atoms with Gasteiger partial charge in [0.2, 0.25) is 11.8 Å². The van der Waals surface area contributed by atoms with Gasteiger partial charge in [-0.3, -0.25) is 14.4 Å². The Balaban J connectivity index is 1.84. The molecule has 0 aromatic carbocycles. The van der Waals surface area contributed by atoms with Gasteiger partial charge in [-0.2, -0.15) is 0 Å². The normalized spacial score (nSPS) is 29.8. The highest BCUT2D eigenvalue weighted by Crippen LogP contribution is 2.30. The number of hydrogen-bond donors (Lipinski definition) is 6. The molecule has 14 heteroatoms. The Bertz CT molecular complexity index is 958. The van der Waals surface area contributed by atoms with Gasteiger partial charge in [-0.05, 0) is 13.3 Å². The second-order valence-electron chi connectivity index (χ2n) is 13.6. The third-order valence-electron chi connectivity index (χ3n) is 9.33. The lowest BCUT2D eigenvalue weighted by molar-refractivity contribution is -0.331. The van der Waals surface area contributed by atoms with E-state index in [1.807, 2.05) is 0 Å². The van der Waals surface area contributed by atoms with Crippen molar-refractivity contribution in [2.75, 3.05) is 19.8 Å². The molecule has 14 nitrogen and oxygen atoms in total. The van der Waals surface area contributed by atoms with Crippen LogP contribution in [0.3, 0.4) is 0 Å². The van der Waals surface area contributed by atoms with Crippen LogP contribution in [0.5, 0.6) is 0 Å². The summed E-state index contributed by atoms with van der Waals surface area (Å²) in [4.78, 5) is 36.4. The molecule has 0 bridgehead atoms. The van der Waals surface area contributed by atoms with E-state index in [-0.39, 0.29) is 19.6 Å². The first-order chi connectivity index (χ1) is 24.0. The lowest BCUT2D eigenvalue weighted by Crippen LogP contribution is -2.69. The number of carbonyl (C=O) groups excluding carboxylic acids is 3. The summed E-state index contributed by atoms with van der Waals surface area (Å²) in [6, 6.07) is -2.36. The zero-order valence-corrected chi connectivity index (χ0v) is 30.8. The van der Waals surface area contributed by atoms with Crippen LogP contribution in [0.2, 0.25) is 0 Å². The number of hydrogen-bond acceptors (Lipinski definition) is 12. The standard InChI is InChI=1S/C36H66N2O12/c1-5-7-8-9-10-11-12-13-14-15-16-17-18-19-20-21-28(42)47-23-27-31(43)32(44)29(37-24(3)40)36(49-27)50-33-26(22-39)48-35(45)30(38-25(4)41)34(33)46-6-2/h26-27,29-36,39,43-45H,5-23H2,1-4H3,(H,37,40)(H,38,41)/t26?,27?,29?,30?,31-,32-,33-,34-,35?,36+/m1/s1. The summed E-state index contributed by atoms with van der Waals surface area (Å²) in [6.45, 7) is 5.56. The highest BCUT2D eigenvalue weighted by Gasteiger charge is 2.52. The molecule has 10 atom stereocenters. The first-order valence-electron chi connectivity index (χ1n) is 19.0. The summed E-state index contributed by atoms with van der Waals surface area (Å²) >= 11 is 0. The number of rotatable bonds is 25. The Labute approximate surface area is 298 Å². The molecule has 2 heterocycles. The van der Waals surface area contributed by atoms with Crippen molar-refractivity contribution in [2.24, 2.45) is 0 Å². The largest absolute Gasteiger partial charge is 0.463 e. The molecular formula is C36H66N2O12. The first kappa shape index (κ1) is 44.3. The number of aliphatic hydroxyl groups is 4. The number of ether oxygens (including phenoxy) is 5. The predicted octanol–water partition coefficient (Wildman–Crippen LogP) is 2.75. The van der Waals surface area contributed by atoms with E-state index in [2.05, 4.69) is 17.6 Å². The second kappa shape index (κ2) is 25.1. The quantitative estimate of drug-likeness (QED) is 0.0596. The molecule has 2 rings (SSSR count). The lowest BCUT2D eigenvalue weighted by atomic mass is 9.94. The number of amides is 2. The summed E-state index contributed by atoms with van der Waals surface area (Å²) in [5.41, 5.74) is 0. The first-order valence-corrected chi connectivity index (χ1v) is 19.0. The van der Waals surface area contributed by atoms with Crippen LogP contribution in [0.25, 0.3) is 0 Å². The van der Waals surface area contributed by atoms with Gasteiger partial charge in [-0.1, -0.05) is 96.8 Å². The number of carbonyl (C=O) groups is 3. The van der Waals surface area contributed by atoms with Crippen molar-refractivity contribution in [3.05, 3.63) is 0 Å². The maximum Gasteiger partial charge on any atom is 0.305 e. The molecule has 2 aliphatic rings. The highest BCUT2D eigenvalue weighted by atomic mass is 16.7. The Morgan fingerprint density at radius 3 is 1.68 bits per heavy atom. The van der Waals surface area contributed by atoms with E-state index < -0.39 is 85.7 Å². The van der Waals surface area contributed by atoms with Crippen LogP contribution in [0, 0.1) is 0 Å². The Morgan fingerprint density at radius 2 is 1.18 bits per heavy atom. The van der Waals surface area contributed by atoms with Gasteiger partial charge in [0.05, 0.1) is 6.61 Å². The van der Waals surface area contributed by atoms with E-state index in [9.17, 15) is 34.8 Å². The van der Waals surface area contributed by atoms with Crippen LogP contribution < -0.4 is 10.6 Å². The van der Waals surface area contributed by atoms with Crippen molar-refractivity contribution in [2.45, 2.75) is 192 Å². The number of unbranched alkanes of at least 4 members (excludes halogenated alkanes) is 14. The van der Waals surface area contributed by atoms with Crippen molar-refractivity contribution in [3.63, 3.8) is 0 Å². The van der Waals surface area contributed by atoms with Gasteiger partial charge < -0.3 is 54.7 Å². The molecule has 5 unspecified atom stereocenters. The van der Waals surface area contributed by atoms with Crippen LogP contribution >= 0.6 is 0 Å². The maximum atomic E-state index is 12.5. The molecule has 0 saturated carbocycles. The zero-order valence-electron chi connectivity index (χ0n) is 30.8. The van der Waals surface area contributed by atoms with Gasteiger partial charge in [0.1, 0.15) is 55.3 Å². The molecule has 0 radical (unpaired) electrons. The molecule has 292 valence electrons. The second-order valence-corrected chi connectivity index (χ2v) is 13.6. The number of aliphatic hydroxyl groups excluding tert-OH is 4. The molecule has 0 aromatic heterocycles. The van der Waals surface area contributed by atoms with Gasteiger partial charge >= 0.3 is 5.97 Å². The molecule has 0 spiro atoms. The van der Waals surface area contributed by atoms with Gasteiger partial charge in [0, 0.05) is 26.9 Å². The maximum absolute atomic E-state index is 12.5. The molecular weight excluding hydrogens is 652 g/mol. The summed E-state index contributed by atoms with van der Waals surface area (Å²) in [6.07, 6.45) is 7.77. The summed E-state index contributed by atoms with van der Waals surface area (Å²) in [5, 5.41) is 47.5. The van der Waals surface area contributed by atoms with Crippen LogP contribution in [0.15, 0.2) is 0 Å². The number of esters is 1. The van der Waals surface area contributed by atoms with Crippen molar-refractivity contribution in [1.82, 2.24) is 10.6 Å². The predicted molar refractivity (Wildman–Crippen MR) is 185 cm³/mol. The Morgan fingerprint density at radius 1 is 0.660 bits per heavy atom. The highest BCUT2D eigenvalue weighted by molar-refractivity contribution is 5.73. The van der Waals surface area contributed by atoms with Crippen molar-refractivity contribution < 1.29 is 58.5 Å². The molecule has 50 heavy (non-hydrogen) atoms. The minimum absolute atomic E-state index is 0.144. The molecule has 2 saturated heterocycles. The third kappa shape index (κ3) is 15.8. The minimum atomic E-state index is -1.59. The Hall–Kier alpha value is -1.91. The molecule has 6 N–H and O–H groups in total. The fourth-order valence-electron chi connectivity index (χ4n) is 6.63. The van der Waals surface area contributed by atoms with E-state index >= 15 is 0 Å². The van der Waals surface area contributed by atoms with E-state index in [0.717, 1.165) is 19.3 Å². The average molecular weight is 719 g/mol. The summed E-state index contributed by atoms with van der Waals surface area (Å²) in [7, 11) is 0. The molecule has 2 fully saturated rings. The lowest BCUT2D eigenvalue weighted by Gasteiger charge is -2.48. The van der Waals surface area contributed by atoms with E-state index in [1.54, 1.807) is 6.92 Å². The van der Waals surface area contributed by atoms with Crippen LogP contribution in [0.1, 0.15) is 130 Å². The molecule has 0 aliphatic carbocycles. The molecule has 2 aliphatic heterocycles. The average Bonchev–Trinajstić information content (AvgIpc) is 3.07. The molecule has 2 amide bonds. The topological polar surface area (TPSA) is 202 Å². The summed E-state index contributed by atoms with van der Waals surface area (Å²) < 4.78 is 28.9. The van der Waals surface area contributed by atoms with Crippen LogP contribution in [0.4, 0.5) is 0 Å². The van der Waals surface area contributed by atoms with Gasteiger partial charge in [0.25, 0.3) is 0 Å². The monoisotopic (exact) mass is 718 g/mol. The van der Waals surface area contributed by atoms with E-state index in [4.69, 9.17) is 23.7 Å². The minimum Gasteiger partial charge on any atom is -0.463 e. The Kier molecular flexibility index (Phi) is 22.2. The fraction of sp³-hybridized carbons (Fsp3) is 0.917. The van der Waals surface area contributed by atoms with Crippen LogP contribution in [-0.2, 0) is 38.1 Å². The summed E-state index contributed by atoms with van der Waals surface area (Å²) in [5.74, 6) is -1.48. The SMILES string of the molecule is CCCCCCCCCCCCCCCCCC(=O)OCC1O[C@@H](O[C@@H]2C(CO)OC(O)C(NC(C)=O)[C@H]2OCC)C(NC(C)=O)[C@@H](O)[C@@H]1O. The zero-order chi connectivity index (χ0) is 36.9. The van der Waals surface area contributed by atoms with Gasteiger partial charge in [-0.15, -0.1) is 0 Å².